The fraction of sp³-hybridized carbons (Fsp3) is 0.500. The SMILES string of the molecule is CCCOC(=O)c1cc(-n2cnnc2)ccc1N1CCCC[C@@H]1C. The minimum absolute atomic E-state index is 0.264. The van der Waals surface area contributed by atoms with Crippen LogP contribution in [0.5, 0.6) is 0 Å². The van der Waals surface area contributed by atoms with E-state index in [2.05, 4.69) is 22.0 Å². The highest BCUT2D eigenvalue weighted by Crippen LogP contribution is 2.30. The molecule has 1 atom stereocenters. The number of carbonyl (C=O) groups is 1. The van der Waals surface area contributed by atoms with Crippen LogP contribution in [-0.2, 0) is 4.74 Å². The van der Waals surface area contributed by atoms with Gasteiger partial charge in [-0.2, -0.15) is 0 Å². The third-order valence-corrected chi connectivity index (χ3v) is 4.47. The van der Waals surface area contributed by atoms with Gasteiger partial charge in [-0.05, 0) is 50.8 Å². The van der Waals surface area contributed by atoms with Crippen LogP contribution in [-0.4, -0.2) is 39.9 Å². The summed E-state index contributed by atoms with van der Waals surface area (Å²) in [4.78, 5) is 14.9. The quantitative estimate of drug-likeness (QED) is 0.789. The predicted octanol–water partition coefficient (Wildman–Crippen LogP) is 3.21. The highest BCUT2D eigenvalue weighted by atomic mass is 16.5. The third-order valence-electron chi connectivity index (χ3n) is 4.47. The summed E-state index contributed by atoms with van der Waals surface area (Å²) >= 11 is 0. The zero-order chi connectivity index (χ0) is 16.9. The zero-order valence-corrected chi connectivity index (χ0v) is 14.3. The topological polar surface area (TPSA) is 60.3 Å². The second-order valence-corrected chi connectivity index (χ2v) is 6.24. The van der Waals surface area contributed by atoms with Gasteiger partial charge in [0.1, 0.15) is 12.7 Å². The van der Waals surface area contributed by atoms with E-state index in [1.807, 2.05) is 25.1 Å². The number of nitrogens with zero attached hydrogens (tertiary/aromatic N) is 4. The second-order valence-electron chi connectivity index (χ2n) is 6.24. The molecule has 0 unspecified atom stereocenters. The van der Waals surface area contributed by atoms with Crippen molar-refractivity contribution in [1.29, 1.82) is 0 Å². The summed E-state index contributed by atoms with van der Waals surface area (Å²) in [6.07, 6.45) is 7.61. The second kappa shape index (κ2) is 7.47. The summed E-state index contributed by atoms with van der Waals surface area (Å²) in [5.74, 6) is -0.264. The van der Waals surface area contributed by atoms with E-state index in [0.717, 1.165) is 37.2 Å². The van der Waals surface area contributed by atoms with Crippen LogP contribution in [0.3, 0.4) is 0 Å². The number of hydrogen-bond acceptors (Lipinski definition) is 5. The molecule has 0 N–H and O–H groups in total. The summed E-state index contributed by atoms with van der Waals surface area (Å²) in [6.45, 7) is 5.62. The first-order valence-corrected chi connectivity index (χ1v) is 8.63. The van der Waals surface area contributed by atoms with Crippen molar-refractivity contribution in [1.82, 2.24) is 14.8 Å². The smallest absolute Gasteiger partial charge is 0.340 e. The number of carbonyl (C=O) groups excluding carboxylic acids is 1. The molecular formula is C18H24N4O2. The molecule has 1 aliphatic rings. The molecular weight excluding hydrogens is 304 g/mol. The Kier molecular flexibility index (Phi) is 5.13. The van der Waals surface area contributed by atoms with Gasteiger partial charge < -0.3 is 9.64 Å². The van der Waals surface area contributed by atoms with Crippen LogP contribution in [0, 0.1) is 0 Å². The maximum atomic E-state index is 12.6. The minimum Gasteiger partial charge on any atom is -0.462 e. The Balaban J connectivity index is 1.98. The van der Waals surface area contributed by atoms with Crippen LogP contribution in [0.15, 0.2) is 30.9 Å². The van der Waals surface area contributed by atoms with Gasteiger partial charge in [-0.25, -0.2) is 4.79 Å². The lowest BCUT2D eigenvalue weighted by Gasteiger charge is -2.36. The number of esters is 1. The monoisotopic (exact) mass is 328 g/mol. The first-order valence-electron chi connectivity index (χ1n) is 8.63. The number of piperidine rings is 1. The van der Waals surface area contributed by atoms with Crippen molar-refractivity contribution in [2.24, 2.45) is 0 Å². The molecule has 1 aliphatic heterocycles. The van der Waals surface area contributed by atoms with Crippen molar-refractivity contribution in [2.75, 3.05) is 18.1 Å². The van der Waals surface area contributed by atoms with E-state index in [0.29, 0.717) is 18.2 Å². The number of rotatable bonds is 5. The molecule has 2 aromatic rings. The molecule has 0 saturated carbocycles. The van der Waals surface area contributed by atoms with Gasteiger partial charge in [0.2, 0.25) is 0 Å². The Hall–Kier alpha value is -2.37. The van der Waals surface area contributed by atoms with E-state index < -0.39 is 0 Å². The van der Waals surface area contributed by atoms with Crippen LogP contribution in [0.4, 0.5) is 5.69 Å². The summed E-state index contributed by atoms with van der Waals surface area (Å²) in [5, 5.41) is 7.67. The van der Waals surface area contributed by atoms with Crippen molar-refractivity contribution < 1.29 is 9.53 Å². The standard InChI is InChI=1S/C18H24N4O2/c1-3-10-24-18(23)16-11-15(21-12-19-20-13-21)7-8-17(16)22-9-5-4-6-14(22)2/h7-8,11-14H,3-6,9-10H2,1-2H3/t14-/m0/s1. The number of anilines is 1. The van der Waals surface area contributed by atoms with Crippen LogP contribution in [0.1, 0.15) is 49.9 Å². The van der Waals surface area contributed by atoms with Gasteiger partial charge >= 0.3 is 5.97 Å². The number of ether oxygens (including phenoxy) is 1. The Morgan fingerprint density at radius 2 is 2.08 bits per heavy atom. The van der Waals surface area contributed by atoms with Gasteiger partial charge in [0, 0.05) is 18.3 Å². The molecule has 0 radical (unpaired) electrons. The average molecular weight is 328 g/mol. The molecule has 128 valence electrons. The molecule has 1 aromatic carbocycles. The maximum Gasteiger partial charge on any atom is 0.340 e. The van der Waals surface area contributed by atoms with Crippen molar-refractivity contribution in [2.45, 2.75) is 45.6 Å². The molecule has 24 heavy (non-hydrogen) atoms. The van der Waals surface area contributed by atoms with Crippen molar-refractivity contribution in [3.63, 3.8) is 0 Å². The molecule has 1 aromatic heterocycles. The molecule has 0 spiro atoms. The minimum atomic E-state index is -0.264. The molecule has 0 bridgehead atoms. The van der Waals surface area contributed by atoms with E-state index >= 15 is 0 Å². The lowest BCUT2D eigenvalue weighted by Crippen LogP contribution is -2.38. The summed E-state index contributed by atoms with van der Waals surface area (Å²) in [7, 11) is 0. The van der Waals surface area contributed by atoms with Crippen LogP contribution < -0.4 is 4.90 Å². The Labute approximate surface area is 142 Å². The number of hydrogen-bond donors (Lipinski definition) is 0. The lowest BCUT2D eigenvalue weighted by atomic mass is 10.0. The summed E-state index contributed by atoms with van der Waals surface area (Å²) in [6, 6.07) is 6.31. The Morgan fingerprint density at radius 3 is 2.79 bits per heavy atom. The van der Waals surface area contributed by atoms with E-state index in [-0.39, 0.29) is 5.97 Å². The molecule has 0 aliphatic carbocycles. The van der Waals surface area contributed by atoms with Crippen LogP contribution >= 0.6 is 0 Å². The van der Waals surface area contributed by atoms with Gasteiger partial charge in [0.25, 0.3) is 0 Å². The van der Waals surface area contributed by atoms with Gasteiger partial charge in [0.05, 0.1) is 17.9 Å². The van der Waals surface area contributed by atoms with E-state index in [1.54, 1.807) is 17.2 Å². The van der Waals surface area contributed by atoms with Gasteiger partial charge in [0.15, 0.2) is 0 Å². The van der Waals surface area contributed by atoms with Gasteiger partial charge in [-0.3, -0.25) is 4.57 Å². The predicted molar refractivity (Wildman–Crippen MR) is 92.6 cm³/mol. The first-order chi connectivity index (χ1) is 11.7. The maximum absolute atomic E-state index is 12.6. The molecule has 0 amide bonds. The zero-order valence-electron chi connectivity index (χ0n) is 14.3. The van der Waals surface area contributed by atoms with E-state index in [1.165, 1.54) is 6.42 Å². The third kappa shape index (κ3) is 3.42. The first kappa shape index (κ1) is 16.5. The van der Waals surface area contributed by atoms with Crippen LogP contribution in [0.2, 0.25) is 0 Å². The molecule has 3 rings (SSSR count). The van der Waals surface area contributed by atoms with Crippen molar-refractivity contribution >= 4 is 11.7 Å². The summed E-state index contributed by atoms with van der Waals surface area (Å²) in [5.41, 5.74) is 2.43. The highest BCUT2D eigenvalue weighted by Gasteiger charge is 2.24. The van der Waals surface area contributed by atoms with Gasteiger partial charge in [-0.15, -0.1) is 10.2 Å². The number of benzene rings is 1. The van der Waals surface area contributed by atoms with E-state index in [4.69, 9.17) is 4.74 Å². The normalized spacial score (nSPS) is 17.8. The lowest BCUT2D eigenvalue weighted by molar-refractivity contribution is 0.0505. The number of aromatic nitrogens is 3. The Bertz CT molecular complexity index is 684. The van der Waals surface area contributed by atoms with Crippen molar-refractivity contribution in [3.05, 3.63) is 36.4 Å². The Morgan fingerprint density at radius 1 is 1.29 bits per heavy atom. The van der Waals surface area contributed by atoms with Crippen LogP contribution in [0.25, 0.3) is 5.69 Å². The van der Waals surface area contributed by atoms with Gasteiger partial charge in [-0.1, -0.05) is 6.92 Å². The fourth-order valence-electron chi connectivity index (χ4n) is 3.16. The molecule has 1 fully saturated rings. The molecule has 2 heterocycles. The summed E-state index contributed by atoms with van der Waals surface area (Å²) < 4.78 is 7.20. The largest absolute Gasteiger partial charge is 0.462 e. The fourth-order valence-corrected chi connectivity index (χ4v) is 3.16. The molecule has 1 saturated heterocycles. The van der Waals surface area contributed by atoms with E-state index in [9.17, 15) is 4.79 Å². The van der Waals surface area contributed by atoms with Crippen molar-refractivity contribution in [3.8, 4) is 5.69 Å². The molecule has 6 heteroatoms. The molecule has 6 nitrogen and oxygen atoms in total. The highest BCUT2D eigenvalue weighted by molar-refractivity contribution is 5.96. The average Bonchev–Trinajstić information content (AvgIpc) is 3.14.